The van der Waals surface area contributed by atoms with Gasteiger partial charge in [-0.15, -0.1) is 0 Å². The number of nitrogens with zero attached hydrogens (tertiary/aromatic N) is 2. The molecule has 3 N–H and O–H groups in total. The van der Waals surface area contributed by atoms with E-state index in [9.17, 15) is 0 Å². The first-order chi connectivity index (χ1) is 14.1. The van der Waals surface area contributed by atoms with Crippen LogP contribution < -0.4 is 5.73 Å². The lowest BCUT2D eigenvalue weighted by molar-refractivity contribution is 0.751. The Hall–Kier alpha value is -3.66. The van der Waals surface area contributed by atoms with E-state index in [-0.39, 0.29) is 5.84 Å². The van der Waals surface area contributed by atoms with Crippen LogP contribution in [0, 0.1) is 5.41 Å². The van der Waals surface area contributed by atoms with E-state index in [1.807, 2.05) is 42.6 Å². The fourth-order valence-corrected chi connectivity index (χ4v) is 3.56. The van der Waals surface area contributed by atoms with Crippen molar-refractivity contribution in [2.24, 2.45) is 5.73 Å². The lowest BCUT2D eigenvalue weighted by Gasteiger charge is -2.09. The van der Waals surface area contributed by atoms with Gasteiger partial charge in [-0.25, -0.2) is 0 Å². The van der Waals surface area contributed by atoms with Crippen molar-refractivity contribution in [1.82, 2.24) is 9.55 Å². The molecule has 0 aliphatic heterocycles. The number of nitrogen functional groups attached to an aromatic ring is 1. The van der Waals surface area contributed by atoms with Gasteiger partial charge >= 0.3 is 0 Å². The topological polar surface area (TPSA) is 67.7 Å². The van der Waals surface area contributed by atoms with Crippen LogP contribution in [0.1, 0.15) is 23.7 Å². The molecule has 4 rings (SSSR count). The molecule has 4 nitrogen and oxygen atoms in total. The van der Waals surface area contributed by atoms with Crippen LogP contribution in [0.5, 0.6) is 0 Å². The monoisotopic (exact) mass is 380 g/mol. The van der Waals surface area contributed by atoms with Crippen molar-refractivity contribution in [1.29, 1.82) is 5.41 Å². The summed E-state index contributed by atoms with van der Waals surface area (Å²) < 4.78 is 2.28. The van der Waals surface area contributed by atoms with E-state index in [0.29, 0.717) is 0 Å². The molecule has 144 valence electrons. The number of benzene rings is 2. The van der Waals surface area contributed by atoms with E-state index in [1.54, 1.807) is 0 Å². The molecule has 0 amide bonds. The van der Waals surface area contributed by atoms with Crippen LogP contribution in [0.3, 0.4) is 0 Å². The maximum Gasteiger partial charge on any atom is 0.122 e. The predicted molar refractivity (Wildman–Crippen MR) is 119 cm³/mol. The first-order valence-corrected chi connectivity index (χ1v) is 9.78. The number of hydrogen-bond donors (Lipinski definition) is 2. The molecule has 0 spiro atoms. The van der Waals surface area contributed by atoms with Crippen LogP contribution in [-0.4, -0.2) is 15.4 Å². The van der Waals surface area contributed by atoms with Crippen LogP contribution in [0.25, 0.3) is 22.4 Å². The minimum atomic E-state index is 0.101. The van der Waals surface area contributed by atoms with E-state index in [1.165, 1.54) is 16.8 Å². The van der Waals surface area contributed by atoms with Crippen LogP contribution in [0.4, 0.5) is 0 Å². The standard InChI is InChI=1S/C25H24N4/c1-2-23-15-22(17-29(23)16-18-6-5-7-21(14-18)25(26)27)19-9-11-20(12-10-19)24-8-3-4-13-28-24/h3-15,17H,2,16H2,1H3,(H3,26,27). The third kappa shape index (κ3) is 4.11. The van der Waals surface area contributed by atoms with Crippen molar-refractivity contribution in [3.63, 3.8) is 0 Å². The minimum absolute atomic E-state index is 0.101. The molecule has 4 aromatic rings. The molecule has 0 saturated heterocycles. The van der Waals surface area contributed by atoms with E-state index < -0.39 is 0 Å². The third-order valence-corrected chi connectivity index (χ3v) is 5.12. The van der Waals surface area contributed by atoms with Gasteiger partial charge < -0.3 is 10.3 Å². The zero-order valence-corrected chi connectivity index (χ0v) is 16.5. The number of amidine groups is 1. The molecule has 4 heteroatoms. The van der Waals surface area contributed by atoms with Crippen molar-refractivity contribution in [3.05, 3.63) is 102 Å². The summed E-state index contributed by atoms with van der Waals surface area (Å²) in [4.78, 5) is 4.42. The molecule has 2 heterocycles. The lowest BCUT2D eigenvalue weighted by Crippen LogP contribution is -2.11. The van der Waals surface area contributed by atoms with E-state index in [2.05, 4.69) is 59.1 Å². The molecule has 0 atom stereocenters. The van der Waals surface area contributed by atoms with Gasteiger partial charge in [-0.3, -0.25) is 10.4 Å². The van der Waals surface area contributed by atoms with Gasteiger partial charge in [0.2, 0.25) is 0 Å². The number of hydrogen-bond acceptors (Lipinski definition) is 2. The SMILES string of the molecule is CCc1cc(-c2ccc(-c3ccccn3)cc2)cn1Cc1cccc(C(=N)N)c1. The molecule has 0 radical (unpaired) electrons. The smallest absolute Gasteiger partial charge is 0.122 e. The average molecular weight is 380 g/mol. The highest BCUT2D eigenvalue weighted by molar-refractivity contribution is 5.95. The van der Waals surface area contributed by atoms with Gasteiger partial charge in [-0.05, 0) is 47.4 Å². The van der Waals surface area contributed by atoms with Crippen LogP contribution in [-0.2, 0) is 13.0 Å². The van der Waals surface area contributed by atoms with Gasteiger partial charge in [0.25, 0.3) is 0 Å². The summed E-state index contributed by atoms with van der Waals surface area (Å²) in [5, 5.41) is 7.65. The van der Waals surface area contributed by atoms with Gasteiger partial charge in [0.15, 0.2) is 0 Å². The maximum absolute atomic E-state index is 7.65. The number of nitrogens with one attached hydrogen (secondary N) is 1. The summed E-state index contributed by atoms with van der Waals surface area (Å²) in [7, 11) is 0. The van der Waals surface area contributed by atoms with Gasteiger partial charge in [-0.1, -0.05) is 55.5 Å². The summed E-state index contributed by atoms with van der Waals surface area (Å²) in [6, 6.07) is 24.7. The molecule has 0 bridgehead atoms. The number of pyridine rings is 1. The Kier molecular flexibility index (Phi) is 5.25. The molecular formula is C25H24N4. The summed E-state index contributed by atoms with van der Waals surface area (Å²) in [6.45, 7) is 2.93. The number of nitrogens with two attached hydrogens (primary N) is 1. The fourth-order valence-electron chi connectivity index (χ4n) is 3.56. The molecule has 29 heavy (non-hydrogen) atoms. The van der Waals surface area contributed by atoms with Gasteiger partial charge in [0.05, 0.1) is 5.69 Å². The Balaban J connectivity index is 1.61. The molecule has 0 fully saturated rings. The number of aromatic nitrogens is 2. The second-order valence-electron chi connectivity index (χ2n) is 7.11. The Bertz CT molecular complexity index is 1130. The molecule has 2 aromatic carbocycles. The van der Waals surface area contributed by atoms with Crippen molar-refractivity contribution in [2.75, 3.05) is 0 Å². The largest absolute Gasteiger partial charge is 0.384 e. The second kappa shape index (κ2) is 8.15. The Labute approximate surface area is 171 Å². The zero-order chi connectivity index (χ0) is 20.2. The van der Waals surface area contributed by atoms with E-state index in [0.717, 1.165) is 35.3 Å². The highest BCUT2D eigenvalue weighted by Gasteiger charge is 2.09. The highest BCUT2D eigenvalue weighted by atomic mass is 15.0. The minimum Gasteiger partial charge on any atom is -0.384 e. The summed E-state index contributed by atoms with van der Waals surface area (Å²) in [5.41, 5.74) is 13.3. The first-order valence-electron chi connectivity index (χ1n) is 9.78. The average Bonchev–Trinajstić information content (AvgIpc) is 3.17. The molecule has 0 aliphatic carbocycles. The quantitative estimate of drug-likeness (QED) is 0.360. The summed E-state index contributed by atoms with van der Waals surface area (Å²) in [6.07, 6.45) is 4.98. The van der Waals surface area contributed by atoms with Crippen molar-refractivity contribution >= 4 is 5.84 Å². The van der Waals surface area contributed by atoms with Crippen LogP contribution in [0.2, 0.25) is 0 Å². The predicted octanol–water partition coefficient (Wildman–Crippen LogP) is 5.11. The summed E-state index contributed by atoms with van der Waals surface area (Å²) in [5.74, 6) is 0.101. The number of rotatable bonds is 6. The van der Waals surface area contributed by atoms with E-state index >= 15 is 0 Å². The number of aryl methyl sites for hydroxylation is 1. The molecule has 0 unspecified atom stereocenters. The van der Waals surface area contributed by atoms with Gasteiger partial charge in [-0.2, -0.15) is 0 Å². The van der Waals surface area contributed by atoms with Crippen molar-refractivity contribution in [3.8, 4) is 22.4 Å². The van der Waals surface area contributed by atoms with Crippen LogP contribution in [0.15, 0.2) is 85.2 Å². The Morgan fingerprint density at radius 3 is 2.41 bits per heavy atom. The van der Waals surface area contributed by atoms with Gasteiger partial charge in [0, 0.05) is 35.8 Å². The maximum atomic E-state index is 7.65. The Morgan fingerprint density at radius 1 is 0.931 bits per heavy atom. The highest BCUT2D eigenvalue weighted by Crippen LogP contribution is 2.26. The normalized spacial score (nSPS) is 10.8. The lowest BCUT2D eigenvalue weighted by atomic mass is 10.0. The van der Waals surface area contributed by atoms with Crippen molar-refractivity contribution in [2.45, 2.75) is 19.9 Å². The zero-order valence-electron chi connectivity index (χ0n) is 16.5. The third-order valence-electron chi connectivity index (χ3n) is 5.12. The summed E-state index contributed by atoms with van der Waals surface area (Å²) >= 11 is 0. The Morgan fingerprint density at radius 2 is 1.72 bits per heavy atom. The van der Waals surface area contributed by atoms with Gasteiger partial charge in [0.1, 0.15) is 5.84 Å². The molecule has 2 aromatic heterocycles. The first kappa shape index (κ1) is 18.7. The fraction of sp³-hybridized carbons (Fsp3) is 0.120. The van der Waals surface area contributed by atoms with E-state index in [4.69, 9.17) is 11.1 Å². The molecule has 0 aliphatic rings. The van der Waals surface area contributed by atoms with Crippen LogP contribution >= 0.6 is 0 Å². The molecule has 0 saturated carbocycles. The second-order valence-corrected chi connectivity index (χ2v) is 7.11. The van der Waals surface area contributed by atoms with Crippen molar-refractivity contribution < 1.29 is 0 Å². The molecular weight excluding hydrogens is 356 g/mol.